The Morgan fingerprint density at radius 2 is 1.94 bits per heavy atom. The van der Waals surface area contributed by atoms with Gasteiger partial charge in [0.1, 0.15) is 0 Å². The summed E-state index contributed by atoms with van der Waals surface area (Å²) in [6, 6.07) is 15.7. The normalized spacial score (nSPS) is 16.4. The van der Waals surface area contributed by atoms with Gasteiger partial charge in [-0.1, -0.05) is 48.2 Å². The SMILES string of the molecule is CC(C)OCCCn1c(SC(C)C(=O)NC2CCCc3ccccc32)nc2ccccc2c1=O. The Kier molecular flexibility index (Phi) is 8.06. The number of carbonyl (C=O) groups excluding carboxylic acids is 1. The van der Waals surface area contributed by atoms with Crippen molar-refractivity contribution in [1.82, 2.24) is 14.9 Å². The zero-order valence-electron chi connectivity index (χ0n) is 20.1. The third kappa shape index (κ3) is 5.70. The number of fused-ring (bicyclic) bond motifs is 2. The van der Waals surface area contributed by atoms with E-state index in [9.17, 15) is 9.59 Å². The van der Waals surface area contributed by atoms with Crippen LogP contribution in [0.3, 0.4) is 0 Å². The van der Waals surface area contributed by atoms with E-state index < -0.39 is 0 Å². The first-order valence-electron chi connectivity index (χ1n) is 12.1. The molecule has 2 atom stereocenters. The summed E-state index contributed by atoms with van der Waals surface area (Å²) in [5, 5.41) is 4.01. The zero-order chi connectivity index (χ0) is 24.1. The molecule has 7 heteroatoms. The molecule has 1 aromatic heterocycles. The largest absolute Gasteiger partial charge is 0.379 e. The van der Waals surface area contributed by atoms with E-state index in [0.29, 0.717) is 35.6 Å². The lowest BCUT2D eigenvalue weighted by molar-refractivity contribution is -0.121. The molecule has 0 saturated heterocycles. The summed E-state index contributed by atoms with van der Waals surface area (Å²) in [7, 11) is 0. The van der Waals surface area contributed by atoms with Crippen molar-refractivity contribution >= 4 is 28.6 Å². The number of aromatic nitrogens is 2. The van der Waals surface area contributed by atoms with Crippen molar-refractivity contribution in [2.75, 3.05) is 6.61 Å². The summed E-state index contributed by atoms with van der Waals surface area (Å²) in [5.74, 6) is -0.0381. The molecular formula is C27H33N3O3S. The highest BCUT2D eigenvalue weighted by Gasteiger charge is 2.25. The molecule has 2 aromatic carbocycles. The van der Waals surface area contributed by atoms with Crippen LogP contribution >= 0.6 is 11.8 Å². The minimum Gasteiger partial charge on any atom is -0.379 e. The third-order valence-corrected chi connectivity index (χ3v) is 7.23. The number of para-hydroxylation sites is 1. The lowest BCUT2D eigenvalue weighted by Gasteiger charge is -2.27. The van der Waals surface area contributed by atoms with E-state index in [4.69, 9.17) is 9.72 Å². The fraction of sp³-hybridized carbons (Fsp3) is 0.444. The molecule has 1 amide bonds. The fourth-order valence-corrected chi connectivity index (χ4v) is 5.32. The molecule has 1 N–H and O–H groups in total. The average Bonchev–Trinajstić information content (AvgIpc) is 2.83. The molecule has 0 spiro atoms. The van der Waals surface area contributed by atoms with Crippen LogP contribution in [0.15, 0.2) is 58.5 Å². The van der Waals surface area contributed by atoms with E-state index in [0.717, 1.165) is 19.3 Å². The number of benzene rings is 2. The Bertz CT molecular complexity index is 1210. The Hall–Kier alpha value is -2.64. The molecule has 2 unspecified atom stereocenters. The van der Waals surface area contributed by atoms with Crippen molar-refractivity contribution in [2.45, 2.75) is 75.6 Å². The van der Waals surface area contributed by atoms with Gasteiger partial charge in [0.15, 0.2) is 5.16 Å². The van der Waals surface area contributed by atoms with Crippen LogP contribution in [-0.2, 0) is 22.5 Å². The highest BCUT2D eigenvalue weighted by Crippen LogP contribution is 2.30. The lowest BCUT2D eigenvalue weighted by atomic mass is 9.88. The summed E-state index contributed by atoms with van der Waals surface area (Å²) < 4.78 is 7.35. The number of nitrogens with zero attached hydrogens (tertiary/aromatic N) is 2. The van der Waals surface area contributed by atoms with Gasteiger partial charge < -0.3 is 10.1 Å². The maximum Gasteiger partial charge on any atom is 0.262 e. The third-order valence-electron chi connectivity index (χ3n) is 6.14. The van der Waals surface area contributed by atoms with Crippen LogP contribution in [0.5, 0.6) is 0 Å². The van der Waals surface area contributed by atoms with Gasteiger partial charge >= 0.3 is 0 Å². The number of thioether (sulfide) groups is 1. The Balaban J connectivity index is 1.52. The fourth-order valence-electron chi connectivity index (χ4n) is 4.38. The number of nitrogens with one attached hydrogen (secondary N) is 1. The lowest BCUT2D eigenvalue weighted by Crippen LogP contribution is -2.36. The predicted octanol–water partition coefficient (Wildman–Crippen LogP) is 4.89. The molecule has 0 radical (unpaired) electrons. The number of hydrogen-bond donors (Lipinski definition) is 1. The van der Waals surface area contributed by atoms with Crippen LogP contribution in [0.1, 0.15) is 57.2 Å². The minimum absolute atomic E-state index is 0.0282. The molecule has 1 heterocycles. The number of ether oxygens (including phenoxy) is 1. The summed E-state index contributed by atoms with van der Waals surface area (Å²) in [6.45, 7) is 6.93. The topological polar surface area (TPSA) is 73.2 Å². The molecule has 0 aliphatic heterocycles. The first kappa shape index (κ1) is 24.5. The highest BCUT2D eigenvalue weighted by atomic mass is 32.2. The maximum atomic E-state index is 13.3. The molecule has 3 aromatic rings. The second kappa shape index (κ2) is 11.2. The summed E-state index contributed by atoms with van der Waals surface area (Å²) in [4.78, 5) is 31.2. The average molecular weight is 480 g/mol. The number of carbonyl (C=O) groups is 1. The molecule has 0 saturated carbocycles. The first-order valence-corrected chi connectivity index (χ1v) is 13.0. The Morgan fingerprint density at radius 1 is 1.18 bits per heavy atom. The molecule has 1 aliphatic rings. The van der Waals surface area contributed by atoms with E-state index in [-0.39, 0.29) is 28.9 Å². The first-order chi connectivity index (χ1) is 16.4. The standard InChI is InChI=1S/C27H33N3O3S/c1-18(2)33-17-9-16-30-26(32)22-13-6-7-14-24(22)29-27(30)34-19(3)25(31)28-23-15-8-11-20-10-4-5-12-21(20)23/h4-7,10,12-14,18-19,23H,8-9,11,15-17H2,1-3H3,(H,28,31). The van der Waals surface area contributed by atoms with Gasteiger partial charge in [0.05, 0.1) is 28.3 Å². The van der Waals surface area contributed by atoms with Crippen molar-refractivity contribution in [3.8, 4) is 0 Å². The molecule has 34 heavy (non-hydrogen) atoms. The smallest absolute Gasteiger partial charge is 0.262 e. The number of amides is 1. The second-order valence-corrected chi connectivity index (χ2v) is 10.4. The Labute approximate surface area is 205 Å². The van der Waals surface area contributed by atoms with Gasteiger partial charge in [-0.05, 0) is 69.7 Å². The minimum atomic E-state index is -0.389. The van der Waals surface area contributed by atoms with Gasteiger partial charge in [0.2, 0.25) is 5.91 Å². The second-order valence-electron chi connectivity index (χ2n) is 9.05. The molecule has 0 bridgehead atoms. The highest BCUT2D eigenvalue weighted by molar-refractivity contribution is 8.00. The van der Waals surface area contributed by atoms with Gasteiger partial charge in [-0.2, -0.15) is 0 Å². The molecular weight excluding hydrogens is 446 g/mol. The van der Waals surface area contributed by atoms with E-state index in [1.807, 2.05) is 45.0 Å². The number of aryl methyl sites for hydroxylation is 1. The van der Waals surface area contributed by atoms with E-state index in [1.54, 1.807) is 10.6 Å². The molecule has 0 fully saturated rings. The number of hydrogen-bond acceptors (Lipinski definition) is 5. The number of rotatable bonds is 9. The van der Waals surface area contributed by atoms with Crippen LogP contribution in [0.2, 0.25) is 0 Å². The molecule has 6 nitrogen and oxygen atoms in total. The van der Waals surface area contributed by atoms with Gasteiger partial charge in [0.25, 0.3) is 5.56 Å². The monoisotopic (exact) mass is 479 g/mol. The van der Waals surface area contributed by atoms with Crippen LogP contribution in [0, 0.1) is 0 Å². The molecule has 4 rings (SSSR count). The van der Waals surface area contributed by atoms with Gasteiger partial charge in [0, 0.05) is 13.2 Å². The van der Waals surface area contributed by atoms with Crippen molar-refractivity contribution in [3.05, 3.63) is 70.0 Å². The van der Waals surface area contributed by atoms with Gasteiger partial charge in [-0.3, -0.25) is 14.2 Å². The van der Waals surface area contributed by atoms with Crippen LogP contribution in [0.25, 0.3) is 10.9 Å². The predicted molar refractivity (Wildman–Crippen MR) is 137 cm³/mol. The summed E-state index contributed by atoms with van der Waals surface area (Å²) in [5.41, 5.74) is 3.10. The maximum absolute atomic E-state index is 13.3. The van der Waals surface area contributed by atoms with Crippen molar-refractivity contribution in [1.29, 1.82) is 0 Å². The van der Waals surface area contributed by atoms with Crippen LogP contribution in [0.4, 0.5) is 0 Å². The zero-order valence-corrected chi connectivity index (χ0v) is 20.9. The summed E-state index contributed by atoms with van der Waals surface area (Å²) >= 11 is 1.34. The molecule has 180 valence electrons. The van der Waals surface area contributed by atoms with Crippen LogP contribution in [-0.4, -0.2) is 33.4 Å². The molecule has 1 aliphatic carbocycles. The van der Waals surface area contributed by atoms with Crippen molar-refractivity contribution in [2.24, 2.45) is 0 Å². The van der Waals surface area contributed by atoms with E-state index in [2.05, 4.69) is 23.5 Å². The van der Waals surface area contributed by atoms with Gasteiger partial charge in [-0.25, -0.2) is 4.98 Å². The summed E-state index contributed by atoms with van der Waals surface area (Å²) in [6.07, 6.45) is 3.91. The van der Waals surface area contributed by atoms with Crippen molar-refractivity contribution in [3.63, 3.8) is 0 Å². The van der Waals surface area contributed by atoms with E-state index >= 15 is 0 Å². The van der Waals surface area contributed by atoms with Gasteiger partial charge in [-0.15, -0.1) is 0 Å². The quantitative estimate of drug-likeness (QED) is 0.269. The van der Waals surface area contributed by atoms with Crippen LogP contribution < -0.4 is 10.9 Å². The Morgan fingerprint density at radius 3 is 2.76 bits per heavy atom. The van der Waals surface area contributed by atoms with E-state index in [1.165, 1.54) is 22.9 Å². The van der Waals surface area contributed by atoms with Crippen molar-refractivity contribution < 1.29 is 9.53 Å².